The van der Waals surface area contributed by atoms with Crippen LogP contribution in [0.15, 0.2) is 35.7 Å². The first-order chi connectivity index (χ1) is 13.9. The van der Waals surface area contributed by atoms with Crippen molar-refractivity contribution in [2.24, 2.45) is 0 Å². The van der Waals surface area contributed by atoms with Crippen LogP contribution in [0, 0.1) is 0 Å². The number of aliphatic carboxylic acids is 1. The molecule has 164 valence electrons. The molecule has 1 aromatic carbocycles. The molecule has 1 aromatic rings. The first kappa shape index (κ1) is 24.7. The van der Waals surface area contributed by atoms with Gasteiger partial charge in [0, 0.05) is 30.7 Å². The van der Waals surface area contributed by atoms with E-state index in [-0.39, 0.29) is 30.2 Å². The monoisotopic (exact) mass is 422 g/mol. The van der Waals surface area contributed by atoms with Crippen molar-refractivity contribution >= 4 is 29.7 Å². The first-order valence-corrected chi connectivity index (χ1v) is 9.12. The van der Waals surface area contributed by atoms with Gasteiger partial charge in [0.15, 0.2) is 0 Å². The molecule has 3 N–H and O–H groups in total. The standard InChI is InChI=1S/C21H27FN2O6/c1-13(19(26)27)8-16-6-7-17(9-18(16)24-14(2)25)29-12-15(10-22)11-23-20(28)30-21(3,4)5/h6-10H,11-12H2,1-5H3,(H,23,28)(H,24,25)(H,26,27)/b13-8+,15-10+. The summed E-state index contributed by atoms with van der Waals surface area (Å²) in [5.74, 6) is -1.11. The number of nitrogens with one attached hydrogen (secondary N) is 2. The molecule has 1 rings (SSSR count). The molecule has 8 nitrogen and oxygen atoms in total. The van der Waals surface area contributed by atoms with Gasteiger partial charge in [0.1, 0.15) is 18.0 Å². The maximum absolute atomic E-state index is 13.1. The van der Waals surface area contributed by atoms with Gasteiger partial charge in [0.05, 0.1) is 12.0 Å². The summed E-state index contributed by atoms with van der Waals surface area (Å²) in [6.45, 7) is 7.62. The summed E-state index contributed by atoms with van der Waals surface area (Å²) in [4.78, 5) is 34.2. The zero-order valence-corrected chi connectivity index (χ0v) is 17.7. The number of alkyl carbamates (subject to hydrolysis) is 1. The molecule has 0 heterocycles. The van der Waals surface area contributed by atoms with E-state index in [1.54, 1.807) is 32.9 Å². The predicted octanol–water partition coefficient (Wildman–Crippen LogP) is 3.89. The Kier molecular flexibility index (Phi) is 9.04. The lowest BCUT2D eigenvalue weighted by Crippen LogP contribution is -2.34. The Bertz CT molecular complexity index is 856. The van der Waals surface area contributed by atoms with Gasteiger partial charge in [-0.05, 0) is 51.5 Å². The Morgan fingerprint density at radius 1 is 1.20 bits per heavy atom. The molecular formula is C21H27FN2O6. The molecule has 0 saturated heterocycles. The van der Waals surface area contributed by atoms with E-state index in [2.05, 4.69) is 10.6 Å². The first-order valence-electron chi connectivity index (χ1n) is 9.12. The van der Waals surface area contributed by atoms with E-state index in [1.807, 2.05) is 0 Å². The van der Waals surface area contributed by atoms with E-state index < -0.39 is 17.7 Å². The molecule has 0 aliphatic heterocycles. The van der Waals surface area contributed by atoms with Gasteiger partial charge in [-0.15, -0.1) is 0 Å². The summed E-state index contributed by atoms with van der Waals surface area (Å²) in [6, 6.07) is 4.63. The molecule has 0 aliphatic rings. The lowest BCUT2D eigenvalue weighted by Gasteiger charge is -2.20. The SMILES string of the molecule is CC(=O)Nc1cc(OC/C(=C/F)CNC(=O)OC(C)(C)C)ccc1/C=C(\C)C(=O)O. The fourth-order valence-electron chi connectivity index (χ4n) is 2.14. The molecular weight excluding hydrogens is 395 g/mol. The van der Waals surface area contributed by atoms with Crippen LogP contribution in [0.2, 0.25) is 0 Å². The lowest BCUT2D eigenvalue weighted by atomic mass is 10.1. The maximum atomic E-state index is 13.1. The highest BCUT2D eigenvalue weighted by Gasteiger charge is 2.16. The van der Waals surface area contributed by atoms with Gasteiger partial charge in [-0.2, -0.15) is 0 Å². The number of amides is 2. The van der Waals surface area contributed by atoms with Gasteiger partial charge in [0.2, 0.25) is 5.91 Å². The van der Waals surface area contributed by atoms with Crippen molar-refractivity contribution in [3.8, 4) is 5.75 Å². The molecule has 30 heavy (non-hydrogen) atoms. The zero-order valence-electron chi connectivity index (χ0n) is 17.7. The second kappa shape index (κ2) is 11.0. The second-order valence-corrected chi connectivity index (χ2v) is 7.47. The second-order valence-electron chi connectivity index (χ2n) is 7.47. The minimum Gasteiger partial charge on any atom is -0.489 e. The van der Waals surface area contributed by atoms with Crippen molar-refractivity contribution in [1.82, 2.24) is 5.32 Å². The summed E-state index contributed by atoms with van der Waals surface area (Å²) in [5.41, 5.74) is 0.400. The number of ether oxygens (including phenoxy) is 2. The minimum absolute atomic E-state index is 0.0890. The number of carbonyl (C=O) groups is 3. The van der Waals surface area contributed by atoms with Crippen LogP contribution in [-0.2, 0) is 14.3 Å². The van der Waals surface area contributed by atoms with Crippen molar-refractivity contribution in [2.45, 2.75) is 40.2 Å². The Morgan fingerprint density at radius 3 is 2.40 bits per heavy atom. The van der Waals surface area contributed by atoms with Crippen molar-refractivity contribution in [2.75, 3.05) is 18.5 Å². The average molecular weight is 422 g/mol. The topological polar surface area (TPSA) is 114 Å². The van der Waals surface area contributed by atoms with Gasteiger partial charge >= 0.3 is 12.1 Å². The number of hydrogen-bond acceptors (Lipinski definition) is 5. The van der Waals surface area contributed by atoms with E-state index in [4.69, 9.17) is 14.6 Å². The fourth-order valence-corrected chi connectivity index (χ4v) is 2.14. The third-order valence-electron chi connectivity index (χ3n) is 3.48. The summed E-state index contributed by atoms with van der Waals surface area (Å²) < 4.78 is 23.7. The third-order valence-corrected chi connectivity index (χ3v) is 3.48. The molecule has 0 unspecified atom stereocenters. The average Bonchev–Trinajstić information content (AvgIpc) is 2.61. The number of halogens is 1. The Morgan fingerprint density at radius 2 is 1.87 bits per heavy atom. The summed E-state index contributed by atoms with van der Waals surface area (Å²) in [5, 5.41) is 14.1. The highest BCUT2D eigenvalue weighted by Crippen LogP contribution is 2.25. The van der Waals surface area contributed by atoms with Crippen LogP contribution in [0.4, 0.5) is 14.9 Å². The third kappa shape index (κ3) is 9.22. The van der Waals surface area contributed by atoms with Crippen molar-refractivity contribution in [3.05, 3.63) is 41.2 Å². The molecule has 0 atom stereocenters. The molecule has 0 saturated carbocycles. The predicted molar refractivity (Wildman–Crippen MR) is 111 cm³/mol. The van der Waals surface area contributed by atoms with Crippen LogP contribution < -0.4 is 15.4 Å². The van der Waals surface area contributed by atoms with Crippen LogP contribution >= 0.6 is 0 Å². The van der Waals surface area contributed by atoms with E-state index in [0.29, 0.717) is 23.3 Å². The van der Waals surface area contributed by atoms with Crippen molar-refractivity contribution < 1.29 is 33.4 Å². The Labute approximate surface area is 174 Å². The molecule has 2 amide bonds. The minimum atomic E-state index is -1.08. The van der Waals surface area contributed by atoms with Crippen LogP contribution in [0.1, 0.15) is 40.2 Å². The number of rotatable bonds is 8. The van der Waals surface area contributed by atoms with E-state index >= 15 is 0 Å². The largest absolute Gasteiger partial charge is 0.489 e. The molecule has 0 fully saturated rings. The van der Waals surface area contributed by atoms with Gasteiger partial charge in [-0.25, -0.2) is 14.0 Å². The molecule has 0 bridgehead atoms. The number of benzene rings is 1. The van der Waals surface area contributed by atoms with Crippen molar-refractivity contribution in [3.63, 3.8) is 0 Å². The highest BCUT2D eigenvalue weighted by atomic mass is 19.1. The van der Waals surface area contributed by atoms with Crippen molar-refractivity contribution in [1.29, 1.82) is 0 Å². The number of hydrogen-bond donors (Lipinski definition) is 3. The normalized spacial score (nSPS) is 12.2. The molecule has 0 aliphatic carbocycles. The van der Waals surface area contributed by atoms with E-state index in [1.165, 1.54) is 26.0 Å². The summed E-state index contributed by atoms with van der Waals surface area (Å²) >= 11 is 0. The van der Waals surface area contributed by atoms with Crippen LogP contribution in [0.25, 0.3) is 6.08 Å². The number of carboxylic acids is 1. The van der Waals surface area contributed by atoms with E-state index in [0.717, 1.165) is 0 Å². The molecule has 9 heteroatoms. The highest BCUT2D eigenvalue weighted by molar-refractivity contribution is 5.95. The zero-order chi connectivity index (χ0) is 22.9. The lowest BCUT2D eigenvalue weighted by molar-refractivity contribution is -0.132. The number of carbonyl (C=O) groups excluding carboxylic acids is 2. The molecule has 0 radical (unpaired) electrons. The van der Waals surface area contributed by atoms with Gasteiger partial charge in [0.25, 0.3) is 0 Å². The van der Waals surface area contributed by atoms with Gasteiger partial charge in [-0.1, -0.05) is 0 Å². The molecule has 0 spiro atoms. The van der Waals surface area contributed by atoms with E-state index in [9.17, 15) is 18.8 Å². The van der Waals surface area contributed by atoms with Crippen LogP contribution in [0.5, 0.6) is 5.75 Å². The fraction of sp³-hybridized carbons (Fsp3) is 0.381. The van der Waals surface area contributed by atoms with Gasteiger partial charge in [-0.3, -0.25) is 4.79 Å². The van der Waals surface area contributed by atoms with Gasteiger partial charge < -0.3 is 25.2 Å². The Balaban J connectivity index is 2.84. The maximum Gasteiger partial charge on any atom is 0.407 e. The van der Waals surface area contributed by atoms with Crippen LogP contribution in [0.3, 0.4) is 0 Å². The quantitative estimate of drug-likeness (QED) is 0.548. The number of carboxylic acid groups (broad SMARTS) is 1. The summed E-state index contributed by atoms with van der Waals surface area (Å²) in [6.07, 6.45) is 1.06. The Hall–Kier alpha value is -3.36. The smallest absolute Gasteiger partial charge is 0.407 e. The summed E-state index contributed by atoms with van der Waals surface area (Å²) in [7, 11) is 0. The number of anilines is 1. The molecule has 0 aromatic heterocycles. The van der Waals surface area contributed by atoms with Crippen LogP contribution in [-0.4, -0.2) is 41.8 Å².